The Kier molecular flexibility index (Phi) is 4.14. The SMILES string of the molecule is CNc1cc(N(C)Cc2cccnc2)cc([N+](=O)[O-])c1. The molecule has 0 atom stereocenters. The third-order valence-electron chi connectivity index (χ3n) is 2.99. The second kappa shape index (κ2) is 6.01. The van der Waals surface area contributed by atoms with Gasteiger partial charge in [-0.2, -0.15) is 0 Å². The molecular weight excluding hydrogens is 256 g/mol. The number of hydrogen-bond donors (Lipinski definition) is 1. The lowest BCUT2D eigenvalue weighted by Gasteiger charge is -2.20. The van der Waals surface area contributed by atoms with Gasteiger partial charge in [0.1, 0.15) is 0 Å². The van der Waals surface area contributed by atoms with E-state index < -0.39 is 0 Å². The van der Waals surface area contributed by atoms with Gasteiger partial charge in [0.2, 0.25) is 0 Å². The highest BCUT2D eigenvalue weighted by Gasteiger charge is 2.12. The van der Waals surface area contributed by atoms with Crippen LogP contribution in [0.25, 0.3) is 0 Å². The van der Waals surface area contributed by atoms with Crippen molar-refractivity contribution in [1.29, 1.82) is 0 Å². The monoisotopic (exact) mass is 272 g/mol. The van der Waals surface area contributed by atoms with E-state index in [0.29, 0.717) is 12.2 Å². The number of aromatic nitrogens is 1. The zero-order valence-corrected chi connectivity index (χ0v) is 11.4. The Balaban J connectivity index is 2.27. The summed E-state index contributed by atoms with van der Waals surface area (Å²) in [5.74, 6) is 0. The van der Waals surface area contributed by atoms with Crippen molar-refractivity contribution in [1.82, 2.24) is 4.98 Å². The zero-order valence-electron chi connectivity index (χ0n) is 11.4. The second-order valence-electron chi connectivity index (χ2n) is 4.46. The molecule has 0 unspecified atom stereocenters. The van der Waals surface area contributed by atoms with Crippen molar-refractivity contribution in [2.75, 3.05) is 24.3 Å². The molecule has 6 nitrogen and oxygen atoms in total. The highest BCUT2D eigenvalue weighted by Crippen LogP contribution is 2.27. The van der Waals surface area contributed by atoms with Crippen LogP contribution in [0.15, 0.2) is 42.7 Å². The van der Waals surface area contributed by atoms with Gasteiger partial charge in [0.15, 0.2) is 0 Å². The van der Waals surface area contributed by atoms with Crippen LogP contribution in [0.2, 0.25) is 0 Å². The van der Waals surface area contributed by atoms with Gasteiger partial charge in [0.25, 0.3) is 5.69 Å². The lowest BCUT2D eigenvalue weighted by Crippen LogP contribution is -2.16. The predicted octanol–water partition coefficient (Wildman–Crippen LogP) is 2.67. The number of nitrogens with zero attached hydrogens (tertiary/aromatic N) is 3. The Bertz CT molecular complexity index is 601. The van der Waals surface area contributed by atoms with E-state index in [9.17, 15) is 10.1 Å². The number of hydrogen-bond acceptors (Lipinski definition) is 5. The molecule has 0 aliphatic carbocycles. The van der Waals surface area contributed by atoms with E-state index in [1.54, 1.807) is 25.5 Å². The molecule has 0 bridgehead atoms. The van der Waals surface area contributed by atoms with Crippen molar-refractivity contribution in [3.05, 3.63) is 58.4 Å². The lowest BCUT2D eigenvalue weighted by molar-refractivity contribution is -0.384. The maximum atomic E-state index is 11.0. The summed E-state index contributed by atoms with van der Waals surface area (Å²) < 4.78 is 0. The number of non-ortho nitro benzene ring substituents is 1. The smallest absolute Gasteiger partial charge is 0.273 e. The average molecular weight is 272 g/mol. The molecule has 2 rings (SSSR count). The molecule has 1 aromatic heterocycles. The number of benzene rings is 1. The summed E-state index contributed by atoms with van der Waals surface area (Å²) in [7, 11) is 3.63. The number of rotatable bonds is 5. The number of nitro benzene ring substituents is 1. The van der Waals surface area contributed by atoms with Gasteiger partial charge in [-0.3, -0.25) is 15.1 Å². The molecule has 0 fully saturated rings. The number of nitrogens with one attached hydrogen (secondary N) is 1. The fourth-order valence-corrected chi connectivity index (χ4v) is 1.92. The molecular formula is C14H16N4O2. The first-order valence-corrected chi connectivity index (χ1v) is 6.17. The van der Waals surface area contributed by atoms with Crippen LogP contribution in [0.4, 0.5) is 17.1 Å². The van der Waals surface area contributed by atoms with E-state index in [0.717, 1.165) is 11.3 Å². The highest BCUT2D eigenvalue weighted by atomic mass is 16.6. The zero-order chi connectivity index (χ0) is 14.5. The Morgan fingerprint density at radius 1 is 1.40 bits per heavy atom. The van der Waals surface area contributed by atoms with E-state index >= 15 is 0 Å². The minimum Gasteiger partial charge on any atom is -0.388 e. The minimum absolute atomic E-state index is 0.0740. The molecule has 0 aliphatic rings. The summed E-state index contributed by atoms with van der Waals surface area (Å²) in [6, 6.07) is 8.80. The van der Waals surface area contributed by atoms with Crippen LogP contribution in [0.3, 0.4) is 0 Å². The summed E-state index contributed by atoms with van der Waals surface area (Å²) in [6.07, 6.45) is 3.50. The highest BCUT2D eigenvalue weighted by molar-refractivity contribution is 5.64. The summed E-state index contributed by atoms with van der Waals surface area (Å²) in [5, 5.41) is 13.9. The van der Waals surface area contributed by atoms with Crippen LogP contribution in [0.5, 0.6) is 0 Å². The second-order valence-corrected chi connectivity index (χ2v) is 4.46. The van der Waals surface area contributed by atoms with Crippen LogP contribution in [-0.2, 0) is 6.54 Å². The largest absolute Gasteiger partial charge is 0.388 e. The Morgan fingerprint density at radius 2 is 2.20 bits per heavy atom. The summed E-state index contributed by atoms with van der Waals surface area (Å²) >= 11 is 0. The van der Waals surface area contributed by atoms with Crippen molar-refractivity contribution in [3.63, 3.8) is 0 Å². The van der Waals surface area contributed by atoms with E-state index in [-0.39, 0.29) is 10.6 Å². The first kappa shape index (κ1) is 13.8. The molecule has 6 heteroatoms. The van der Waals surface area contributed by atoms with E-state index in [4.69, 9.17) is 0 Å². The van der Waals surface area contributed by atoms with Crippen molar-refractivity contribution in [3.8, 4) is 0 Å². The molecule has 1 N–H and O–H groups in total. The van der Waals surface area contributed by atoms with Gasteiger partial charge >= 0.3 is 0 Å². The number of nitro groups is 1. The normalized spacial score (nSPS) is 10.1. The van der Waals surface area contributed by atoms with E-state index in [2.05, 4.69) is 10.3 Å². The van der Waals surface area contributed by atoms with Crippen LogP contribution in [0.1, 0.15) is 5.56 Å². The molecule has 0 aliphatic heterocycles. The molecule has 2 aromatic rings. The van der Waals surface area contributed by atoms with Gasteiger partial charge in [-0.15, -0.1) is 0 Å². The maximum absolute atomic E-state index is 11.0. The Hall–Kier alpha value is -2.63. The fourth-order valence-electron chi connectivity index (χ4n) is 1.92. The van der Waals surface area contributed by atoms with Gasteiger partial charge in [-0.1, -0.05) is 6.07 Å². The topological polar surface area (TPSA) is 71.3 Å². The first-order chi connectivity index (χ1) is 9.60. The van der Waals surface area contributed by atoms with Gasteiger partial charge < -0.3 is 10.2 Å². The van der Waals surface area contributed by atoms with E-state index in [1.165, 1.54) is 6.07 Å². The van der Waals surface area contributed by atoms with Crippen LogP contribution < -0.4 is 10.2 Å². The molecule has 1 aromatic carbocycles. The molecule has 0 saturated heterocycles. The summed E-state index contributed by atoms with van der Waals surface area (Å²) in [4.78, 5) is 16.6. The Morgan fingerprint density at radius 3 is 2.80 bits per heavy atom. The van der Waals surface area contributed by atoms with E-state index in [1.807, 2.05) is 30.1 Å². The lowest BCUT2D eigenvalue weighted by atomic mass is 10.2. The molecule has 0 radical (unpaired) electrons. The van der Waals surface area contributed by atoms with Crippen molar-refractivity contribution in [2.24, 2.45) is 0 Å². The van der Waals surface area contributed by atoms with Gasteiger partial charge in [0.05, 0.1) is 4.92 Å². The van der Waals surface area contributed by atoms with Crippen LogP contribution >= 0.6 is 0 Å². The summed E-state index contributed by atoms with van der Waals surface area (Å²) in [5.41, 5.74) is 2.62. The van der Waals surface area contributed by atoms with Gasteiger partial charge in [-0.05, 0) is 17.7 Å². The molecule has 0 amide bonds. The molecule has 20 heavy (non-hydrogen) atoms. The maximum Gasteiger partial charge on any atom is 0.273 e. The third-order valence-corrected chi connectivity index (χ3v) is 2.99. The molecule has 0 spiro atoms. The Labute approximate surface area is 117 Å². The van der Waals surface area contributed by atoms with Crippen molar-refractivity contribution >= 4 is 17.1 Å². The number of anilines is 2. The molecule has 1 heterocycles. The van der Waals surface area contributed by atoms with Crippen LogP contribution in [-0.4, -0.2) is 24.0 Å². The minimum atomic E-state index is -0.387. The average Bonchev–Trinajstić information content (AvgIpc) is 2.47. The molecule has 0 saturated carbocycles. The van der Waals surface area contributed by atoms with Gasteiger partial charge in [0, 0.05) is 56.5 Å². The standard InChI is InChI=1S/C14H16N4O2/c1-15-12-6-13(8-14(7-12)18(19)20)17(2)10-11-4-3-5-16-9-11/h3-9,15H,10H2,1-2H3. The third kappa shape index (κ3) is 3.23. The fraction of sp³-hybridized carbons (Fsp3) is 0.214. The predicted molar refractivity (Wildman–Crippen MR) is 79.0 cm³/mol. The first-order valence-electron chi connectivity index (χ1n) is 6.17. The van der Waals surface area contributed by atoms with Gasteiger partial charge in [-0.25, -0.2) is 0 Å². The molecule has 104 valence electrons. The van der Waals surface area contributed by atoms with Crippen molar-refractivity contribution in [2.45, 2.75) is 6.54 Å². The summed E-state index contributed by atoms with van der Waals surface area (Å²) in [6.45, 7) is 0.637. The van der Waals surface area contributed by atoms with Crippen LogP contribution in [0, 0.1) is 10.1 Å². The number of pyridine rings is 1. The quantitative estimate of drug-likeness (QED) is 0.669. The van der Waals surface area contributed by atoms with Crippen molar-refractivity contribution < 1.29 is 4.92 Å².